The Balaban J connectivity index is 1.89. The van der Waals surface area contributed by atoms with E-state index in [1.807, 2.05) is 18.2 Å². The zero-order valence-electron chi connectivity index (χ0n) is 10.3. The normalized spacial score (nSPS) is 10.5. The molecule has 0 radical (unpaired) electrons. The lowest BCUT2D eigenvalue weighted by Gasteiger charge is -2.05. The average Bonchev–Trinajstić information content (AvgIpc) is 2.90. The van der Waals surface area contributed by atoms with Gasteiger partial charge in [0.05, 0.1) is 0 Å². The predicted octanol–water partition coefficient (Wildman–Crippen LogP) is 2.54. The van der Waals surface area contributed by atoms with Crippen molar-refractivity contribution in [3.05, 3.63) is 55.1 Å². The molecule has 0 saturated heterocycles. The van der Waals surface area contributed by atoms with E-state index in [1.54, 1.807) is 17.1 Å². The lowest BCUT2D eigenvalue weighted by molar-refractivity contribution is 1.09. The van der Waals surface area contributed by atoms with Crippen LogP contribution in [-0.2, 0) is 6.54 Å². The fourth-order valence-corrected chi connectivity index (χ4v) is 1.90. The minimum Gasteiger partial charge on any atom is -0.364 e. The van der Waals surface area contributed by atoms with E-state index in [4.69, 9.17) is 0 Å². The number of hydrogen-bond donors (Lipinski definition) is 1. The predicted molar refractivity (Wildman–Crippen MR) is 75.5 cm³/mol. The molecule has 5 heteroatoms. The van der Waals surface area contributed by atoms with Crippen LogP contribution in [0.2, 0.25) is 0 Å². The van der Waals surface area contributed by atoms with Crippen molar-refractivity contribution in [1.29, 1.82) is 0 Å². The van der Waals surface area contributed by atoms with Crippen molar-refractivity contribution >= 4 is 23.2 Å². The lowest BCUT2D eigenvalue weighted by atomic mass is 10.2. The molecule has 1 aromatic carbocycles. The van der Waals surface area contributed by atoms with Gasteiger partial charge in [-0.25, -0.2) is 15.0 Å². The SMILES string of the molecule is C=Cn1cnc2c(NCc3ccccc3)ncnc21. The Morgan fingerprint density at radius 2 is 2.00 bits per heavy atom. The van der Waals surface area contributed by atoms with Crippen molar-refractivity contribution in [2.75, 3.05) is 5.32 Å². The topological polar surface area (TPSA) is 55.6 Å². The monoisotopic (exact) mass is 251 g/mol. The molecule has 0 aliphatic carbocycles. The average molecular weight is 251 g/mol. The van der Waals surface area contributed by atoms with Crippen molar-refractivity contribution in [2.45, 2.75) is 6.54 Å². The summed E-state index contributed by atoms with van der Waals surface area (Å²) in [5.74, 6) is 0.731. The summed E-state index contributed by atoms with van der Waals surface area (Å²) in [6.45, 7) is 4.42. The molecule has 5 nitrogen and oxygen atoms in total. The molecule has 1 N–H and O–H groups in total. The fourth-order valence-electron chi connectivity index (χ4n) is 1.90. The first-order valence-electron chi connectivity index (χ1n) is 5.96. The fraction of sp³-hybridized carbons (Fsp3) is 0.0714. The van der Waals surface area contributed by atoms with Crippen LogP contribution in [0.15, 0.2) is 49.6 Å². The third-order valence-electron chi connectivity index (χ3n) is 2.86. The van der Waals surface area contributed by atoms with Crippen LogP contribution in [-0.4, -0.2) is 19.5 Å². The molecule has 3 rings (SSSR count). The molecule has 94 valence electrons. The first kappa shape index (κ1) is 11.4. The third-order valence-corrected chi connectivity index (χ3v) is 2.86. The molecule has 0 amide bonds. The molecular formula is C14H13N5. The van der Waals surface area contributed by atoms with Gasteiger partial charge in [-0.3, -0.25) is 4.57 Å². The molecule has 3 aromatic rings. The van der Waals surface area contributed by atoms with Crippen LogP contribution in [0.5, 0.6) is 0 Å². The number of imidazole rings is 1. The molecule has 0 aliphatic rings. The highest BCUT2D eigenvalue weighted by molar-refractivity contribution is 5.83. The summed E-state index contributed by atoms with van der Waals surface area (Å²) in [4.78, 5) is 12.7. The molecule has 0 bridgehead atoms. The van der Waals surface area contributed by atoms with Crippen molar-refractivity contribution in [3.63, 3.8) is 0 Å². The number of nitrogens with zero attached hydrogens (tertiary/aromatic N) is 4. The molecule has 0 atom stereocenters. The maximum Gasteiger partial charge on any atom is 0.169 e. The number of rotatable bonds is 4. The molecule has 0 unspecified atom stereocenters. The molecule has 19 heavy (non-hydrogen) atoms. The first-order chi connectivity index (χ1) is 9.38. The maximum absolute atomic E-state index is 4.31. The van der Waals surface area contributed by atoms with E-state index >= 15 is 0 Å². The van der Waals surface area contributed by atoms with Gasteiger partial charge in [-0.1, -0.05) is 36.9 Å². The summed E-state index contributed by atoms with van der Waals surface area (Å²) in [6.07, 6.45) is 4.88. The van der Waals surface area contributed by atoms with E-state index in [9.17, 15) is 0 Å². The molecule has 0 fully saturated rings. The van der Waals surface area contributed by atoms with Gasteiger partial charge < -0.3 is 5.32 Å². The van der Waals surface area contributed by atoms with Crippen LogP contribution < -0.4 is 5.32 Å². The van der Waals surface area contributed by atoms with Crippen LogP contribution in [0, 0.1) is 0 Å². The van der Waals surface area contributed by atoms with Gasteiger partial charge in [0.25, 0.3) is 0 Å². The van der Waals surface area contributed by atoms with Gasteiger partial charge in [-0.15, -0.1) is 0 Å². The van der Waals surface area contributed by atoms with Crippen molar-refractivity contribution in [2.24, 2.45) is 0 Å². The Bertz CT molecular complexity index is 702. The Morgan fingerprint density at radius 3 is 2.79 bits per heavy atom. The third kappa shape index (κ3) is 2.18. The highest BCUT2D eigenvalue weighted by Gasteiger charge is 2.08. The Kier molecular flexibility index (Phi) is 2.94. The van der Waals surface area contributed by atoms with E-state index in [1.165, 1.54) is 11.9 Å². The van der Waals surface area contributed by atoms with Gasteiger partial charge in [0.15, 0.2) is 17.0 Å². The van der Waals surface area contributed by atoms with Crippen molar-refractivity contribution in [3.8, 4) is 0 Å². The van der Waals surface area contributed by atoms with Gasteiger partial charge in [0.2, 0.25) is 0 Å². The minimum atomic E-state index is 0.702. The van der Waals surface area contributed by atoms with Gasteiger partial charge >= 0.3 is 0 Å². The second kappa shape index (κ2) is 4.89. The van der Waals surface area contributed by atoms with Gasteiger partial charge in [0, 0.05) is 12.7 Å². The second-order valence-corrected chi connectivity index (χ2v) is 4.07. The summed E-state index contributed by atoms with van der Waals surface area (Å²) in [5, 5.41) is 3.28. The summed E-state index contributed by atoms with van der Waals surface area (Å²) >= 11 is 0. The van der Waals surface area contributed by atoms with E-state index in [0.29, 0.717) is 6.54 Å². The molecule has 0 spiro atoms. The highest BCUT2D eigenvalue weighted by atomic mass is 15.1. The molecule has 2 aromatic heterocycles. The van der Waals surface area contributed by atoms with Gasteiger partial charge in [-0.05, 0) is 5.56 Å². The van der Waals surface area contributed by atoms with Gasteiger partial charge in [-0.2, -0.15) is 0 Å². The first-order valence-corrected chi connectivity index (χ1v) is 5.96. The van der Waals surface area contributed by atoms with Crippen LogP contribution >= 0.6 is 0 Å². The van der Waals surface area contributed by atoms with E-state index in [-0.39, 0.29) is 0 Å². The second-order valence-electron chi connectivity index (χ2n) is 4.07. The standard InChI is InChI=1S/C14H13N5/c1-2-19-10-18-12-13(16-9-17-14(12)19)15-8-11-6-4-3-5-7-11/h2-7,9-10H,1,8H2,(H,15,16,17). The number of nitrogens with one attached hydrogen (secondary N) is 1. The minimum absolute atomic E-state index is 0.702. The van der Waals surface area contributed by atoms with Crippen molar-refractivity contribution in [1.82, 2.24) is 19.5 Å². The number of fused-ring (bicyclic) bond motifs is 1. The Hall–Kier alpha value is -2.69. The van der Waals surface area contributed by atoms with Crippen molar-refractivity contribution < 1.29 is 0 Å². The Morgan fingerprint density at radius 1 is 1.16 bits per heavy atom. The number of anilines is 1. The molecular weight excluding hydrogens is 238 g/mol. The number of hydrogen-bond acceptors (Lipinski definition) is 4. The molecule has 2 heterocycles. The number of benzene rings is 1. The molecule has 0 saturated carbocycles. The highest BCUT2D eigenvalue weighted by Crippen LogP contribution is 2.17. The zero-order chi connectivity index (χ0) is 13.1. The van der Waals surface area contributed by atoms with E-state index < -0.39 is 0 Å². The summed E-state index contributed by atoms with van der Waals surface area (Å²) in [7, 11) is 0. The van der Waals surface area contributed by atoms with Crippen LogP contribution in [0.4, 0.5) is 5.82 Å². The summed E-state index contributed by atoms with van der Waals surface area (Å²) < 4.78 is 1.77. The Labute approximate surface area is 110 Å². The van der Waals surface area contributed by atoms with E-state index in [0.717, 1.165) is 17.0 Å². The largest absolute Gasteiger partial charge is 0.364 e. The smallest absolute Gasteiger partial charge is 0.169 e. The maximum atomic E-state index is 4.31. The van der Waals surface area contributed by atoms with E-state index in [2.05, 4.69) is 39.0 Å². The summed E-state index contributed by atoms with van der Waals surface area (Å²) in [6, 6.07) is 10.2. The zero-order valence-corrected chi connectivity index (χ0v) is 10.3. The van der Waals surface area contributed by atoms with Crippen LogP contribution in [0.25, 0.3) is 17.4 Å². The van der Waals surface area contributed by atoms with Crippen LogP contribution in [0.1, 0.15) is 5.56 Å². The lowest BCUT2D eigenvalue weighted by Crippen LogP contribution is -2.02. The quantitative estimate of drug-likeness (QED) is 0.774. The van der Waals surface area contributed by atoms with Crippen LogP contribution in [0.3, 0.4) is 0 Å². The van der Waals surface area contributed by atoms with Gasteiger partial charge in [0.1, 0.15) is 12.7 Å². The number of aromatic nitrogens is 4. The molecule has 0 aliphatic heterocycles. The summed E-state index contributed by atoms with van der Waals surface area (Å²) in [5.41, 5.74) is 2.69.